The van der Waals surface area contributed by atoms with Gasteiger partial charge >= 0.3 is 0 Å². The van der Waals surface area contributed by atoms with Crippen molar-refractivity contribution in [1.82, 2.24) is 10.2 Å². The Labute approximate surface area is 139 Å². The van der Waals surface area contributed by atoms with Gasteiger partial charge in [0.1, 0.15) is 0 Å². The number of hydrogen-bond donors (Lipinski definition) is 2. The van der Waals surface area contributed by atoms with Gasteiger partial charge in [0.15, 0.2) is 0 Å². The summed E-state index contributed by atoms with van der Waals surface area (Å²) in [5, 5.41) is 12.9. The molecule has 122 valence electrons. The van der Waals surface area contributed by atoms with Crippen LogP contribution in [0.15, 0.2) is 47.1 Å². The van der Waals surface area contributed by atoms with Gasteiger partial charge in [-0.15, -0.1) is 0 Å². The second kappa shape index (κ2) is 7.17. The zero-order chi connectivity index (χ0) is 16.2. The Bertz CT molecular complexity index is 659. The van der Waals surface area contributed by atoms with Crippen molar-refractivity contribution < 1.29 is 14.3 Å². The molecular formula is C17H19ClN2O3. The Morgan fingerprint density at radius 3 is 2.83 bits per heavy atom. The highest BCUT2D eigenvalue weighted by Gasteiger charge is 2.31. The summed E-state index contributed by atoms with van der Waals surface area (Å²) in [6.07, 6.45) is 1.67. The Balaban J connectivity index is 1.59. The largest absolute Gasteiger partial charge is 0.452 e. The number of amides is 1. The highest BCUT2D eigenvalue weighted by atomic mass is 35.5. The first kappa shape index (κ1) is 16.1. The predicted octanol–water partition coefficient (Wildman–Crippen LogP) is 2.30. The van der Waals surface area contributed by atoms with Gasteiger partial charge in [0.25, 0.3) is 5.91 Å². The van der Waals surface area contributed by atoms with E-state index in [0.717, 1.165) is 6.54 Å². The van der Waals surface area contributed by atoms with Gasteiger partial charge in [0.05, 0.1) is 17.9 Å². The van der Waals surface area contributed by atoms with Crippen LogP contribution in [0, 0.1) is 0 Å². The molecule has 2 aromatic rings. The highest BCUT2D eigenvalue weighted by molar-refractivity contribution is 6.32. The average Bonchev–Trinajstić information content (AvgIpc) is 3.12. The monoisotopic (exact) mass is 334 g/mol. The summed E-state index contributed by atoms with van der Waals surface area (Å²) >= 11 is 5.81. The predicted molar refractivity (Wildman–Crippen MR) is 87.3 cm³/mol. The zero-order valence-electron chi connectivity index (χ0n) is 12.6. The summed E-state index contributed by atoms with van der Waals surface area (Å²) in [6.45, 7) is 1.83. The molecule has 1 aromatic carbocycles. The number of halogens is 1. The number of aliphatic hydroxyl groups is 1. The van der Waals surface area contributed by atoms with Crippen molar-refractivity contribution in [2.45, 2.75) is 25.1 Å². The molecule has 0 spiro atoms. The van der Waals surface area contributed by atoms with Crippen LogP contribution in [0.1, 0.15) is 22.3 Å². The minimum Gasteiger partial charge on any atom is -0.452 e. The maximum absolute atomic E-state index is 12.1. The fraction of sp³-hybridized carbons (Fsp3) is 0.353. The third-order valence-electron chi connectivity index (χ3n) is 4.10. The Morgan fingerprint density at radius 2 is 2.13 bits per heavy atom. The van der Waals surface area contributed by atoms with Gasteiger partial charge in [-0.2, -0.15) is 0 Å². The lowest BCUT2D eigenvalue weighted by Crippen LogP contribution is -2.39. The van der Waals surface area contributed by atoms with E-state index in [9.17, 15) is 9.90 Å². The molecule has 6 heteroatoms. The van der Waals surface area contributed by atoms with Gasteiger partial charge in [0.2, 0.25) is 5.22 Å². The first-order chi connectivity index (χ1) is 11.1. The van der Waals surface area contributed by atoms with Gasteiger partial charge in [-0.1, -0.05) is 30.3 Å². The normalized spacial score (nSPS) is 21.5. The van der Waals surface area contributed by atoms with Gasteiger partial charge in [-0.05, 0) is 29.7 Å². The number of benzene rings is 1. The van der Waals surface area contributed by atoms with Crippen LogP contribution in [0.3, 0.4) is 0 Å². The first-order valence-electron chi connectivity index (χ1n) is 7.60. The lowest BCUT2D eigenvalue weighted by atomic mass is 10.1. The van der Waals surface area contributed by atoms with Crippen LogP contribution in [0.5, 0.6) is 0 Å². The smallest absolute Gasteiger partial charge is 0.256 e. The molecule has 1 saturated heterocycles. The summed E-state index contributed by atoms with van der Waals surface area (Å²) in [7, 11) is 0. The lowest BCUT2D eigenvalue weighted by Gasteiger charge is -2.24. The molecule has 1 aromatic heterocycles. The molecule has 0 bridgehead atoms. The van der Waals surface area contributed by atoms with Crippen molar-refractivity contribution in [3.8, 4) is 0 Å². The molecule has 1 fully saturated rings. The number of β-amino-alcohol motifs (C(OH)–C–C–N with tert-alkyl or cyclic N) is 1. The molecule has 1 amide bonds. The quantitative estimate of drug-likeness (QED) is 0.880. The molecule has 2 atom stereocenters. The number of carbonyl (C=O) groups is 1. The molecule has 2 N–H and O–H groups in total. The van der Waals surface area contributed by atoms with Crippen LogP contribution < -0.4 is 5.32 Å². The third kappa shape index (κ3) is 3.93. The molecule has 0 unspecified atom stereocenters. The molecule has 1 aliphatic heterocycles. The molecular weight excluding hydrogens is 316 g/mol. The van der Waals surface area contributed by atoms with Crippen LogP contribution in [0.4, 0.5) is 0 Å². The van der Waals surface area contributed by atoms with Crippen LogP contribution in [-0.2, 0) is 6.54 Å². The first-order valence-corrected chi connectivity index (χ1v) is 7.98. The molecule has 0 radical (unpaired) electrons. The minimum absolute atomic E-state index is 0.0927. The molecule has 3 rings (SSSR count). The Hall–Kier alpha value is -1.82. The van der Waals surface area contributed by atoms with Gasteiger partial charge in [0, 0.05) is 25.7 Å². The summed E-state index contributed by atoms with van der Waals surface area (Å²) in [6, 6.07) is 11.7. The fourth-order valence-electron chi connectivity index (χ4n) is 2.94. The van der Waals surface area contributed by atoms with Crippen molar-refractivity contribution in [2.75, 3.05) is 13.1 Å². The van der Waals surface area contributed by atoms with Crippen LogP contribution in [-0.4, -0.2) is 41.1 Å². The fourth-order valence-corrected chi connectivity index (χ4v) is 3.14. The van der Waals surface area contributed by atoms with Gasteiger partial charge < -0.3 is 14.8 Å². The maximum Gasteiger partial charge on any atom is 0.256 e. The van der Waals surface area contributed by atoms with E-state index < -0.39 is 0 Å². The van der Waals surface area contributed by atoms with Gasteiger partial charge in [-0.25, -0.2) is 0 Å². The number of rotatable bonds is 5. The minimum atomic E-state index is -0.363. The molecule has 5 nitrogen and oxygen atoms in total. The standard InChI is InChI=1S/C17H19ClN2O3/c18-16-15(6-7-23-16)17(22)19-9-13-8-14(21)11-20(13)10-12-4-2-1-3-5-12/h1-7,13-14,21H,8-11H2,(H,19,22)/t13-,14+/m1/s1. The SMILES string of the molecule is O=C(NC[C@H]1C[C@H](O)CN1Cc1ccccc1)c1ccoc1Cl. The van der Waals surface area contributed by atoms with E-state index in [4.69, 9.17) is 16.0 Å². The van der Waals surface area contributed by atoms with E-state index in [-0.39, 0.29) is 23.3 Å². The van der Waals surface area contributed by atoms with E-state index >= 15 is 0 Å². The van der Waals surface area contributed by atoms with E-state index in [1.165, 1.54) is 11.8 Å². The van der Waals surface area contributed by atoms with Crippen molar-refractivity contribution in [2.24, 2.45) is 0 Å². The Morgan fingerprint density at radius 1 is 1.35 bits per heavy atom. The average molecular weight is 335 g/mol. The van der Waals surface area contributed by atoms with Crippen molar-refractivity contribution in [3.63, 3.8) is 0 Å². The van der Waals surface area contributed by atoms with E-state index in [1.54, 1.807) is 6.07 Å². The summed E-state index contributed by atoms with van der Waals surface area (Å²) in [4.78, 5) is 14.3. The topological polar surface area (TPSA) is 65.7 Å². The molecule has 1 aliphatic rings. The maximum atomic E-state index is 12.1. The van der Waals surface area contributed by atoms with E-state index in [1.807, 2.05) is 18.2 Å². The van der Waals surface area contributed by atoms with Crippen LogP contribution in [0.25, 0.3) is 0 Å². The molecule has 2 heterocycles. The van der Waals surface area contributed by atoms with Crippen molar-refractivity contribution >= 4 is 17.5 Å². The molecule has 0 saturated carbocycles. The number of nitrogens with zero attached hydrogens (tertiary/aromatic N) is 1. The van der Waals surface area contributed by atoms with Crippen LogP contribution in [0.2, 0.25) is 5.22 Å². The third-order valence-corrected chi connectivity index (χ3v) is 4.39. The van der Waals surface area contributed by atoms with E-state index in [0.29, 0.717) is 25.1 Å². The number of likely N-dealkylation sites (tertiary alicyclic amines) is 1. The second-order valence-corrected chi connectivity index (χ2v) is 6.12. The number of furan rings is 1. The second-order valence-electron chi connectivity index (χ2n) is 5.78. The highest BCUT2D eigenvalue weighted by Crippen LogP contribution is 2.21. The van der Waals surface area contributed by atoms with Crippen molar-refractivity contribution in [1.29, 1.82) is 0 Å². The summed E-state index contributed by atoms with van der Waals surface area (Å²) < 4.78 is 4.93. The van der Waals surface area contributed by atoms with Crippen LogP contribution >= 0.6 is 11.6 Å². The number of nitrogens with one attached hydrogen (secondary N) is 1. The number of hydrogen-bond acceptors (Lipinski definition) is 4. The molecule has 0 aliphatic carbocycles. The summed E-state index contributed by atoms with van der Waals surface area (Å²) in [5.74, 6) is -0.259. The number of aliphatic hydroxyl groups excluding tert-OH is 1. The summed E-state index contributed by atoms with van der Waals surface area (Å²) in [5.41, 5.74) is 1.52. The zero-order valence-corrected chi connectivity index (χ0v) is 13.4. The van der Waals surface area contributed by atoms with Gasteiger partial charge in [-0.3, -0.25) is 9.69 Å². The number of carbonyl (C=O) groups excluding carboxylic acids is 1. The van der Waals surface area contributed by atoms with Crippen molar-refractivity contribution in [3.05, 3.63) is 59.0 Å². The van der Waals surface area contributed by atoms with E-state index in [2.05, 4.69) is 22.3 Å². The lowest BCUT2D eigenvalue weighted by molar-refractivity contribution is 0.0939. The molecule has 23 heavy (non-hydrogen) atoms. The Kier molecular flexibility index (Phi) is 5.00.